The van der Waals surface area contributed by atoms with E-state index in [9.17, 15) is 14.4 Å². The maximum absolute atomic E-state index is 11.8. The predicted molar refractivity (Wildman–Crippen MR) is 86.9 cm³/mol. The summed E-state index contributed by atoms with van der Waals surface area (Å²) in [5, 5.41) is 8.62. The molecule has 1 aliphatic rings. The maximum Gasteiger partial charge on any atom is 0.261 e. The molecule has 0 aliphatic carbocycles. The van der Waals surface area contributed by atoms with Gasteiger partial charge >= 0.3 is 0 Å². The number of hydrogen-bond donors (Lipinski definition) is 3. The number of nitrogens with zero attached hydrogens (tertiary/aromatic N) is 2. The van der Waals surface area contributed by atoms with Gasteiger partial charge in [0, 0.05) is 26.2 Å². The molecule has 9 heteroatoms. The highest BCUT2D eigenvalue weighted by atomic mass is 32.1. The Bertz CT molecular complexity index is 541. The van der Waals surface area contributed by atoms with E-state index >= 15 is 0 Å². The molecule has 1 fully saturated rings. The largest absolute Gasteiger partial charge is 0.345 e. The van der Waals surface area contributed by atoms with Crippen molar-refractivity contribution in [1.29, 1.82) is 0 Å². The Morgan fingerprint density at radius 2 is 1.78 bits per heavy atom. The second-order valence-corrected chi connectivity index (χ2v) is 6.21. The first-order chi connectivity index (χ1) is 11.0. The van der Waals surface area contributed by atoms with E-state index in [-0.39, 0.29) is 24.9 Å². The normalized spacial score (nSPS) is 15.9. The lowest BCUT2D eigenvalue weighted by Gasteiger charge is -2.32. The average Bonchev–Trinajstić information content (AvgIpc) is 3.07. The van der Waals surface area contributed by atoms with Gasteiger partial charge in [0.1, 0.15) is 0 Å². The zero-order valence-corrected chi connectivity index (χ0v) is 13.8. The molecule has 2 rings (SSSR count). The molecule has 1 aromatic heterocycles. The Morgan fingerprint density at radius 1 is 1.09 bits per heavy atom. The van der Waals surface area contributed by atoms with E-state index in [2.05, 4.69) is 21.0 Å². The Balaban J connectivity index is 1.60. The number of nitrogens with one attached hydrogen (secondary N) is 3. The summed E-state index contributed by atoms with van der Waals surface area (Å²) in [6.45, 7) is 3.03. The van der Waals surface area contributed by atoms with Crippen molar-refractivity contribution in [3.63, 3.8) is 0 Å². The maximum atomic E-state index is 11.8. The Morgan fingerprint density at radius 3 is 2.43 bits per heavy atom. The van der Waals surface area contributed by atoms with Gasteiger partial charge in [-0.05, 0) is 18.5 Å². The Labute approximate surface area is 138 Å². The number of amides is 3. The first-order valence-corrected chi connectivity index (χ1v) is 8.24. The van der Waals surface area contributed by atoms with Crippen LogP contribution in [0.5, 0.6) is 0 Å². The molecule has 0 unspecified atom stereocenters. The molecule has 8 nitrogen and oxygen atoms in total. The van der Waals surface area contributed by atoms with E-state index in [4.69, 9.17) is 0 Å². The minimum Gasteiger partial charge on any atom is -0.345 e. The molecule has 0 aromatic carbocycles. The van der Waals surface area contributed by atoms with Crippen LogP contribution >= 0.6 is 11.3 Å². The van der Waals surface area contributed by atoms with Crippen LogP contribution in [0.1, 0.15) is 9.67 Å². The lowest BCUT2D eigenvalue weighted by molar-refractivity contribution is -0.129. The van der Waals surface area contributed by atoms with E-state index in [0.717, 1.165) is 26.2 Å². The van der Waals surface area contributed by atoms with Crippen molar-refractivity contribution in [3.05, 3.63) is 22.4 Å². The van der Waals surface area contributed by atoms with E-state index in [1.54, 1.807) is 17.5 Å². The number of piperazine rings is 1. The summed E-state index contributed by atoms with van der Waals surface area (Å²) in [5.74, 6) is -0.965. The summed E-state index contributed by atoms with van der Waals surface area (Å²) in [4.78, 5) is 37.8. The molecule has 23 heavy (non-hydrogen) atoms. The third-order valence-corrected chi connectivity index (χ3v) is 4.26. The van der Waals surface area contributed by atoms with Crippen LogP contribution in [0, 0.1) is 0 Å². The zero-order chi connectivity index (χ0) is 16.7. The fourth-order valence-corrected chi connectivity index (χ4v) is 2.67. The number of likely N-dealkylation sites (N-methyl/N-ethyl adjacent to an activating group) is 1. The van der Waals surface area contributed by atoms with Crippen molar-refractivity contribution in [2.75, 3.05) is 46.3 Å². The van der Waals surface area contributed by atoms with Crippen molar-refractivity contribution in [1.82, 2.24) is 26.0 Å². The number of hydrogen-bond acceptors (Lipinski definition) is 6. The SMILES string of the molecule is CN1CCN(NC(=O)CNC(=O)CNC(=O)c2cccs2)CC1. The fraction of sp³-hybridized carbons (Fsp3) is 0.500. The fourth-order valence-electron chi connectivity index (χ4n) is 2.03. The second-order valence-electron chi connectivity index (χ2n) is 5.26. The molecule has 1 aromatic rings. The summed E-state index contributed by atoms with van der Waals surface area (Å²) in [6, 6.07) is 3.45. The summed E-state index contributed by atoms with van der Waals surface area (Å²) >= 11 is 1.30. The topological polar surface area (TPSA) is 93.8 Å². The average molecular weight is 339 g/mol. The van der Waals surface area contributed by atoms with Crippen molar-refractivity contribution in [2.24, 2.45) is 0 Å². The number of carbonyl (C=O) groups excluding carboxylic acids is 3. The first kappa shape index (κ1) is 17.4. The molecule has 126 valence electrons. The van der Waals surface area contributed by atoms with Gasteiger partial charge in [0.25, 0.3) is 11.8 Å². The lowest BCUT2D eigenvalue weighted by Crippen LogP contribution is -2.54. The molecule has 0 bridgehead atoms. The number of carbonyl (C=O) groups is 3. The minimum atomic E-state index is -0.400. The Kier molecular flexibility index (Phi) is 6.51. The van der Waals surface area contributed by atoms with Gasteiger partial charge in [-0.15, -0.1) is 11.3 Å². The van der Waals surface area contributed by atoms with Gasteiger partial charge < -0.3 is 15.5 Å². The molecule has 3 N–H and O–H groups in total. The number of hydrazine groups is 1. The third-order valence-electron chi connectivity index (χ3n) is 3.39. The van der Waals surface area contributed by atoms with Crippen LogP contribution in [0.4, 0.5) is 0 Å². The lowest BCUT2D eigenvalue weighted by atomic mass is 10.4. The molecular weight excluding hydrogens is 318 g/mol. The van der Waals surface area contributed by atoms with Crippen molar-refractivity contribution in [2.45, 2.75) is 0 Å². The quantitative estimate of drug-likeness (QED) is 0.610. The van der Waals surface area contributed by atoms with E-state index in [1.165, 1.54) is 11.3 Å². The van der Waals surface area contributed by atoms with Gasteiger partial charge in [-0.2, -0.15) is 0 Å². The van der Waals surface area contributed by atoms with E-state index in [1.807, 2.05) is 12.1 Å². The van der Waals surface area contributed by atoms with Crippen molar-refractivity contribution < 1.29 is 14.4 Å². The van der Waals surface area contributed by atoms with Gasteiger partial charge in [-0.25, -0.2) is 5.01 Å². The number of thiophene rings is 1. The Hall–Kier alpha value is -1.97. The molecule has 0 radical (unpaired) electrons. The molecule has 2 heterocycles. The highest BCUT2D eigenvalue weighted by Crippen LogP contribution is 2.07. The molecule has 1 saturated heterocycles. The van der Waals surface area contributed by atoms with Crippen molar-refractivity contribution in [3.8, 4) is 0 Å². The standard InChI is InChI=1S/C14H21N5O3S/c1-18-4-6-19(7-5-18)17-13(21)10-15-12(20)9-16-14(22)11-3-2-8-23-11/h2-3,8H,4-7,9-10H2,1H3,(H,15,20)(H,16,22)(H,17,21). The molecule has 3 amide bonds. The van der Waals surface area contributed by atoms with Crippen LogP contribution in [-0.4, -0.2) is 73.9 Å². The van der Waals surface area contributed by atoms with Gasteiger partial charge in [0.15, 0.2) is 0 Å². The monoisotopic (exact) mass is 339 g/mol. The smallest absolute Gasteiger partial charge is 0.261 e. The summed E-state index contributed by atoms with van der Waals surface area (Å²) in [7, 11) is 2.03. The van der Waals surface area contributed by atoms with Crippen LogP contribution in [-0.2, 0) is 9.59 Å². The molecule has 0 saturated carbocycles. The van der Waals surface area contributed by atoms with E-state index in [0.29, 0.717) is 4.88 Å². The van der Waals surface area contributed by atoms with Crippen LogP contribution in [0.15, 0.2) is 17.5 Å². The minimum absolute atomic E-state index is 0.111. The summed E-state index contributed by atoms with van der Waals surface area (Å²) < 4.78 is 0. The van der Waals surface area contributed by atoms with Crippen LogP contribution < -0.4 is 16.1 Å². The van der Waals surface area contributed by atoms with E-state index < -0.39 is 5.91 Å². The predicted octanol–water partition coefficient (Wildman–Crippen LogP) is -1.13. The van der Waals surface area contributed by atoms with Gasteiger partial charge in [-0.1, -0.05) is 6.07 Å². The second kappa shape index (κ2) is 8.61. The summed E-state index contributed by atoms with van der Waals surface area (Å²) in [5.41, 5.74) is 2.75. The number of rotatable bonds is 6. The van der Waals surface area contributed by atoms with Gasteiger partial charge in [0.2, 0.25) is 5.91 Å². The zero-order valence-electron chi connectivity index (χ0n) is 13.0. The first-order valence-electron chi connectivity index (χ1n) is 7.36. The third kappa shape index (κ3) is 5.97. The highest BCUT2D eigenvalue weighted by Gasteiger charge is 2.16. The molecule has 1 aliphatic heterocycles. The van der Waals surface area contributed by atoms with Crippen LogP contribution in [0.25, 0.3) is 0 Å². The van der Waals surface area contributed by atoms with Crippen molar-refractivity contribution >= 4 is 29.1 Å². The van der Waals surface area contributed by atoms with Crippen LogP contribution in [0.3, 0.4) is 0 Å². The van der Waals surface area contributed by atoms with Gasteiger partial charge in [0.05, 0.1) is 18.0 Å². The van der Waals surface area contributed by atoms with Gasteiger partial charge in [-0.3, -0.25) is 19.8 Å². The molecule has 0 atom stereocenters. The van der Waals surface area contributed by atoms with Crippen LogP contribution in [0.2, 0.25) is 0 Å². The molecular formula is C14H21N5O3S. The molecule has 0 spiro atoms. The summed E-state index contributed by atoms with van der Waals surface area (Å²) in [6.07, 6.45) is 0. The highest BCUT2D eigenvalue weighted by molar-refractivity contribution is 7.12.